The fraction of sp³-hybridized carbons (Fsp3) is 0.143. The molecule has 0 bridgehead atoms. The van der Waals surface area contributed by atoms with Crippen molar-refractivity contribution in [1.82, 2.24) is 9.97 Å². The van der Waals surface area contributed by atoms with Gasteiger partial charge in [0.2, 0.25) is 0 Å². The van der Waals surface area contributed by atoms with Gasteiger partial charge in [-0.3, -0.25) is 4.79 Å². The molecule has 0 unspecified atom stereocenters. The van der Waals surface area contributed by atoms with Crippen molar-refractivity contribution in [2.45, 2.75) is 13.8 Å². The normalized spacial score (nSPS) is 10.1. The number of aromatic carboxylic acids is 1. The molecule has 0 radical (unpaired) electrons. The highest BCUT2D eigenvalue weighted by atomic mass is 16.4. The van der Waals surface area contributed by atoms with E-state index >= 15 is 0 Å². The Labute approximate surface area is 115 Å². The van der Waals surface area contributed by atoms with Gasteiger partial charge in [-0.1, -0.05) is 12.1 Å². The molecule has 0 fully saturated rings. The van der Waals surface area contributed by atoms with E-state index in [1.165, 1.54) is 12.4 Å². The van der Waals surface area contributed by atoms with Crippen LogP contribution in [0.25, 0.3) is 0 Å². The molecule has 6 heteroatoms. The van der Waals surface area contributed by atoms with Crippen molar-refractivity contribution in [3.8, 4) is 0 Å². The second-order valence-corrected chi connectivity index (χ2v) is 4.26. The number of hydrogen-bond donors (Lipinski definition) is 2. The van der Waals surface area contributed by atoms with Gasteiger partial charge in [-0.25, -0.2) is 14.8 Å². The van der Waals surface area contributed by atoms with Crippen molar-refractivity contribution in [3.05, 3.63) is 53.0 Å². The van der Waals surface area contributed by atoms with E-state index in [0.29, 0.717) is 5.56 Å². The number of amides is 1. The minimum absolute atomic E-state index is 0.0640. The van der Waals surface area contributed by atoms with Crippen LogP contribution in [-0.4, -0.2) is 27.0 Å². The van der Waals surface area contributed by atoms with Crippen LogP contribution in [0.3, 0.4) is 0 Å². The van der Waals surface area contributed by atoms with Crippen molar-refractivity contribution in [2.24, 2.45) is 0 Å². The van der Waals surface area contributed by atoms with Crippen LogP contribution < -0.4 is 5.32 Å². The molecule has 0 saturated heterocycles. The maximum atomic E-state index is 12.2. The summed E-state index contributed by atoms with van der Waals surface area (Å²) in [5, 5.41) is 11.5. The number of carbonyl (C=O) groups is 2. The highest BCUT2D eigenvalue weighted by Gasteiger charge is 2.17. The van der Waals surface area contributed by atoms with E-state index in [4.69, 9.17) is 5.11 Å². The summed E-state index contributed by atoms with van der Waals surface area (Å²) in [6.07, 6.45) is 2.59. The summed E-state index contributed by atoms with van der Waals surface area (Å²) in [7, 11) is 0. The Morgan fingerprint density at radius 1 is 1.15 bits per heavy atom. The zero-order chi connectivity index (χ0) is 14.7. The fourth-order valence-corrected chi connectivity index (χ4v) is 1.76. The lowest BCUT2D eigenvalue weighted by Gasteiger charge is -2.09. The quantitative estimate of drug-likeness (QED) is 0.891. The third-order valence-corrected chi connectivity index (χ3v) is 2.98. The number of aryl methyl sites for hydroxylation is 1. The van der Waals surface area contributed by atoms with Gasteiger partial charge in [-0.2, -0.15) is 0 Å². The third kappa shape index (κ3) is 2.64. The van der Waals surface area contributed by atoms with Crippen LogP contribution in [0.1, 0.15) is 32.0 Å². The average Bonchev–Trinajstić information content (AvgIpc) is 2.42. The van der Waals surface area contributed by atoms with Crippen LogP contribution in [-0.2, 0) is 0 Å². The molecule has 0 spiro atoms. The van der Waals surface area contributed by atoms with E-state index in [0.717, 1.165) is 11.1 Å². The lowest BCUT2D eigenvalue weighted by molar-refractivity contribution is 0.0691. The number of nitrogens with one attached hydrogen (secondary N) is 1. The molecule has 0 aliphatic carbocycles. The van der Waals surface area contributed by atoms with Crippen molar-refractivity contribution in [1.29, 1.82) is 0 Å². The van der Waals surface area contributed by atoms with Gasteiger partial charge in [0, 0.05) is 18.0 Å². The number of aromatic nitrogens is 2. The maximum Gasteiger partial charge on any atom is 0.358 e. The summed E-state index contributed by atoms with van der Waals surface area (Å²) < 4.78 is 0. The zero-order valence-corrected chi connectivity index (χ0v) is 11.0. The first-order valence-electron chi connectivity index (χ1n) is 5.92. The van der Waals surface area contributed by atoms with Crippen LogP contribution in [0.5, 0.6) is 0 Å². The number of carbonyl (C=O) groups excluding carboxylic acids is 1. The van der Waals surface area contributed by atoms with E-state index in [-0.39, 0.29) is 11.5 Å². The number of carboxylic acid groups (broad SMARTS) is 1. The monoisotopic (exact) mass is 271 g/mol. The Hall–Kier alpha value is -2.76. The second-order valence-electron chi connectivity index (χ2n) is 4.26. The molecule has 2 rings (SSSR count). The molecule has 2 N–H and O–H groups in total. The molecule has 0 aliphatic rings. The van der Waals surface area contributed by atoms with Gasteiger partial charge in [0.1, 0.15) is 0 Å². The van der Waals surface area contributed by atoms with Crippen LogP contribution in [0, 0.1) is 13.8 Å². The van der Waals surface area contributed by atoms with Crippen molar-refractivity contribution < 1.29 is 14.7 Å². The Kier molecular flexibility index (Phi) is 3.74. The summed E-state index contributed by atoms with van der Waals surface area (Å²) in [4.78, 5) is 30.7. The van der Waals surface area contributed by atoms with E-state index in [2.05, 4.69) is 15.3 Å². The molecule has 102 valence electrons. The van der Waals surface area contributed by atoms with E-state index < -0.39 is 11.9 Å². The van der Waals surface area contributed by atoms with Gasteiger partial charge in [0.25, 0.3) is 5.91 Å². The molecule has 2 aromatic rings. The number of carboxylic acids is 1. The zero-order valence-electron chi connectivity index (χ0n) is 11.0. The smallest absolute Gasteiger partial charge is 0.358 e. The van der Waals surface area contributed by atoms with Gasteiger partial charge < -0.3 is 10.4 Å². The Bertz CT molecular complexity index is 683. The largest absolute Gasteiger partial charge is 0.476 e. The summed E-state index contributed by atoms with van der Waals surface area (Å²) >= 11 is 0. The molecule has 0 aliphatic heterocycles. The van der Waals surface area contributed by atoms with Crippen molar-refractivity contribution in [3.63, 3.8) is 0 Å². The van der Waals surface area contributed by atoms with Gasteiger partial charge in [0.15, 0.2) is 11.5 Å². The molecular weight excluding hydrogens is 258 g/mol. The number of rotatable bonds is 3. The predicted octanol–water partition coefficient (Wildman–Crippen LogP) is 2.04. The summed E-state index contributed by atoms with van der Waals surface area (Å²) in [5.41, 5.74) is 2.01. The minimum Gasteiger partial charge on any atom is -0.476 e. The van der Waals surface area contributed by atoms with Crippen molar-refractivity contribution in [2.75, 3.05) is 5.32 Å². The van der Waals surface area contributed by atoms with Crippen LogP contribution in [0.15, 0.2) is 30.6 Å². The second kappa shape index (κ2) is 5.48. The molecule has 1 amide bonds. The van der Waals surface area contributed by atoms with E-state index in [1.54, 1.807) is 12.1 Å². The molecule has 0 saturated carbocycles. The molecule has 20 heavy (non-hydrogen) atoms. The summed E-state index contributed by atoms with van der Waals surface area (Å²) in [6.45, 7) is 3.73. The Morgan fingerprint density at radius 2 is 1.85 bits per heavy atom. The van der Waals surface area contributed by atoms with E-state index in [9.17, 15) is 9.59 Å². The molecular formula is C14H13N3O3. The number of anilines is 1. The maximum absolute atomic E-state index is 12.2. The standard InChI is InChI=1S/C14H13N3O3/c1-8-4-3-5-10(9(8)2)13(18)17-12-11(14(19)20)15-6-7-16-12/h3-7H,1-2H3,(H,19,20)(H,16,17,18). The lowest BCUT2D eigenvalue weighted by atomic mass is 10.0. The first kappa shape index (κ1) is 13.7. The number of hydrogen-bond acceptors (Lipinski definition) is 4. The highest BCUT2D eigenvalue weighted by Crippen LogP contribution is 2.15. The van der Waals surface area contributed by atoms with E-state index in [1.807, 2.05) is 19.9 Å². The lowest BCUT2D eigenvalue weighted by Crippen LogP contribution is -2.18. The van der Waals surface area contributed by atoms with Crippen LogP contribution in [0.2, 0.25) is 0 Å². The molecule has 0 atom stereocenters. The Morgan fingerprint density at radius 3 is 2.55 bits per heavy atom. The molecule has 1 aromatic carbocycles. The van der Waals surface area contributed by atoms with Gasteiger partial charge >= 0.3 is 5.97 Å². The Balaban J connectivity index is 2.33. The summed E-state index contributed by atoms with van der Waals surface area (Å²) in [5.74, 6) is -1.71. The van der Waals surface area contributed by atoms with Crippen LogP contribution in [0.4, 0.5) is 5.82 Å². The molecule has 1 heterocycles. The first-order valence-corrected chi connectivity index (χ1v) is 5.92. The van der Waals surface area contributed by atoms with Crippen LogP contribution >= 0.6 is 0 Å². The topological polar surface area (TPSA) is 92.2 Å². The van der Waals surface area contributed by atoms with Gasteiger partial charge in [0.05, 0.1) is 0 Å². The number of nitrogens with zero attached hydrogens (tertiary/aromatic N) is 2. The summed E-state index contributed by atoms with van der Waals surface area (Å²) in [6, 6.07) is 5.34. The minimum atomic E-state index is -1.24. The molecule has 1 aromatic heterocycles. The molecule has 6 nitrogen and oxygen atoms in total. The highest BCUT2D eigenvalue weighted by molar-refractivity contribution is 6.07. The predicted molar refractivity (Wildman–Crippen MR) is 72.9 cm³/mol. The van der Waals surface area contributed by atoms with Gasteiger partial charge in [-0.15, -0.1) is 0 Å². The third-order valence-electron chi connectivity index (χ3n) is 2.98. The number of benzene rings is 1. The average molecular weight is 271 g/mol. The SMILES string of the molecule is Cc1cccc(C(=O)Nc2nccnc2C(=O)O)c1C. The first-order chi connectivity index (χ1) is 9.50. The van der Waals surface area contributed by atoms with Gasteiger partial charge in [-0.05, 0) is 31.0 Å². The fourth-order valence-electron chi connectivity index (χ4n) is 1.76. The van der Waals surface area contributed by atoms with Crippen molar-refractivity contribution >= 4 is 17.7 Å².